The van der Waals surface area contributed by atoms with Gasteiger partial charge in [-0.15, -0.1) is 0 Å². The quantitative estimate of drug-likeness (QED) is 0.436. The van der Waals surface area contributed by atoms with Crippen LogP contribution in [-0.4, -0.2) is 15.9 Å². The van der Waals surface area contributed by atoms with Crippen LogP contribution in [0.25, 0.3) is 11.0 Å². The largest absolute Gasteiger partial charge is 0.325 e. The number of para-hydroxylation sites is 2. The van der Waals surface area contributed by atoms with Gasteiger partial charge in [-0.25, -0.2) is 4.98 Å². The number of amides is 1. The lowest BCUT2D eigenvalue weighted by molar-refractivity contribution is -0.115. The van der Waals surface area contributed by atoms with Crippen LogP contribution in [0.15, 0.2) is 84.0 Å². The molecular formula is C24H21N3OS. The predicted molar refractivity (Wildman–Crippen MR) is 119 cm³/mol. The Morgan fingerprint density at radius 3 is 2.45 bits per heavy atom. The fourth-order valence-electron chi connectivity index (χ4n) is 3.09. The fraction of sp³-hybridized carbons (Fsp3) is 0.125. The highest BCUT2D eigenvalue weighted by Gasteiger charge is 2.23. The number of aryl methyl sites for hydroxylation is 2. The van der Waals surface area contributed by atoms with Crippen LogP contribution in [0.4, 0.5) is 5.69 Å². The fourth-order valence-corrected chi connectivity index (χ4v) is 4.05. The van der Waals surface area contributed by atoms with E-state index in [1.165, 1.54) is 11.8 Å². The third kappa shape index (κ3) is 4.46. The van der Waals surface area contributed by atoms with E-state index in [0.29, 0.717) is 5.03 Å². The summed E-state index contributed by atoms with van der Waals surface area (Å²) in [5.41, 5.74) is 5.56. The maximum atomic E-state index is 13.3. The Bertz CT molecular complexity index is 1160. The van der Waals surface area contributed by atoms with Gasteiger partial charge in [-0.1, -0.05) is 66.4 Å². The summed E-state index contributed by atoms with van der Waals surface area (Å²) in [7, 11) is 0. The van der Waals surface area contributed by atoms with Gasteiger partial charge in [0.2, 0.25) is 5.91 Å². The lowest BCUT2D eigenvalue weighted by Crippen LogP contribution is -2.19. The van der Waals surface area contributed by atoms with Crippen molar-refractivity contribution in [2.75, 3.05) is 5.32 Å². The lowest BCUT2D eigenvalue weighted by atomic mass is 10.1. The van der Waals surface area contributed by atoms with E-state index in [4.69, 9.17) is 0 Å². The zero-order chi connectivity index (χ0) is 20.2. The van der Waals surface area contributed by atoms with E-state index in [9.17, 15) is 4.79 Å². The van der Waals surface area contributed by atoms with Gasteiger partial charge in [-0.3, -0.25) is 9.78 Å². The molecule has 1 N–H and O–H groups in total. The second kappa shape index (κ2) is 8.45. The molecule has 0 saturated carbocycles. The topological polar surface area (TPSA) is 54.9 Å². The first-order valence-corrected chi connectivity index (χ1v) is 10.3. The SMILES string of the molecule is Cc1ccc(C)c(NC(=O)[C@H](Sc2cnc3ccccc3n2)c2ccccc2)c1. The van der Waals surface area contributed by atoms with E-state index < -0.39 is 5.25 Å². The number of rotatable bonds is 5. The van der Waals surface area contributed by atoms with Crippen molar-refractivity contribution in [3.8, 4) is 0 Å². The van der Waals surface area contributed by atoms with E-state index in [1.807, 2.05) is 86.6 Å². The van der Waals surface area contributed by atoms with E-state index in [2.05, 4.69) is 15.3 Å². The molecule has 0 aliphatic heterocycles. The third-order valence-electron chi connectivity index (χ3n) is 4.66. The smallest absolute Gasteiger partial charge is 0.242 e. The first-order valence-electron chi connectivity index (χ1n) is 9.42. The lowest BCUT2D eigenvalue weighted by Gasteiger charge is -2.18. The molecule has 1 heterocycles. The van der Waals surface area contributed by atoms with Crippen molar-refractivity contribution in [3.05, 3.63) is 95.7 Å². The molecule has 0 radical (unpaired) electrons. The Labute approximate surface area is 174 Å². The van der Waals surface area contributed by atoms with Gasteiger partial charge in [0.05, 0.1) is 17.2 Å². The molecule has 29 heavy (non-hydrogen) atoms. The molecule has 1 aromatic heterocycles. The summed E-state index contributed by atoms with van der Waals surface area (Å²) in [5, 5.41) is 3.38. The van der Waals surface area contributed by atoms with Crippen LogP contribution >= 0.6 is 11.8 Å². The molecule has 0 spiro atoms. The van der Waals surface area contributed by atoms with Crippen molar-refractivity contribution < 1.29 is 4.79 Å². The van der Waals surface area contributed by atoms with Gasteiger partial charge in [0.15, 0.2) is 0 Å². The van der Waals surface area contributed by atoms with Crippen molar-refractivity contribution in [1.82, 2.24) is 9.97 Å². The molecule has 4 nitrogen and oxygen atoms in total. The van der Waals surface area contributed by atoms with Crippen LogP contribution < -0.4 is 5.32 Å². The Kier molecular flexibility index (Phi) is 5.58. The van der Waals surface area contributed by atoms with Gasteiger partial charge in [0.25, 0.3) is 0 Å². The second-order valence-electron chi connectivity index (χ2n) is 6.91. The maximum absolute atomic E-state index is 13.3. The number of benzene rings is 3. The van der Waals surface area contributed by atoms with E-state index >= 15 is 0 Å². The number of anilines is 1. The molecule has 4 rings (SSSR count). The van der Waals surface area contributed by atoms with E-state index in [1.54, 1.807) is 6.20 Å². The van der Waals surface area contributed by atoms with E-state index in [-0.39, 0.29) is 5.91 Å². The summed E-state index contributed by atoms with van der Waals surface area (Å²) < 4.78 is 0. The molecule has 0 aliphatic carbocycles. The highest BCUT2D eigenvalue weighted by Crippen LogP contribution is 2.36. The zero-order valence-electron chi connectivity index (χ0n) is 16.3. The number of hydrogen-bond acceptors (Lipinski definition) is 4. The molecule has 0 fully saturated rings. The molecule has 1 atom stereocenters. The molecule has 0 saturated heterocycles. The minimum Gasteiger partial charge on any atom is -0.325 e. The Hall–Kier alpha value is -3.18. The molecule has 0 bridgehead atoms. The molecule has 144 valence electrons. The molecule has 3 aromatic carbocycles. The molecule has 0 unspecified atom stereocenters. The summed E-state index contributed by atoms with van der Waals surface area (Å²) in [6.45, 7) is 4.01. The number of carbonyl (C=O) groups excluding carboxylic acids is 1. The van der Waals surface area contributed by atoms with Gasteiger partial charge >= 0.3 is 0 Å². The average Bonchev–Trinajstić information content (AvgIpc) is 2.75. The number of carbonyl (C=O) groups is 1. The Morgan fingerprint density at radius 1 is 0.931 bits per heavy atom. The predicted octanol–water partition coefficient (Wildman–Crippen LogP) is 5.72. The first-order chi connectivity index (χ1) is 14.1. The highest BCUT2D eigenvalue weighted by molar-refractivity contribution is 8.00. The molecule has 4 aromatic rings. The number of nitrogens with one attached hydrogen (secondary N) is 1. The van der Waals surface area contributed by atoms with Crippen LogP contribution in [0.3, 0.4) is 0 Å². The van der Waals surface area contributed by atoms with Crippen molar-refractivity contribution in [3.63, 3.8) is 0 Å². The van der Waals surface area contributed by atoms with Gasteiger partial charge < -0.3 is 5.32 Å². The maximum Gasteiger partial charge on any atom is 0.242 e. The third-order valence-corrected chi connectivity index (χ3v) is 5.82. The summed E-state index contributed by atoms with van der Waals surface area (Å²) >= 11 is 1.41. The van der Waals surface area contributed by atoms with Crippen LogP contribution in [0.1, 0.15) is 21.9 Å². The molecule has 0 aliphatic rings. The summed E-state index contributed by atoms with van der Waals surface area (Å²) in [5.74, 6) is -0.0788. The second-order valence-corrected chi connectivity index (χ2v) is 8.04. The number of thioether (sulfide) groups is 1. The van der Waals surface area contributed by atoms with Crippen LogP contribution in [0.2, 0.25) is 0 Å². The van der Waals surface area contributed by atoms with Crippen molar-refractivity contribution in [2.45, 2.75) is 24.1 Å². The average molecular weight is 400 g/mol. The Morgan fingerprint density at radius 2 is 1.66 bits per heavy atom. The minimum atomic E-state index is -0.438. The molecular weight excluding hydrogens is 378 g/mol. The van der Waals surface area contributed by atoms with E-state index in [0.717, 1.165) is 33.4 Å². The van der Waals surface area contributed by atoms with Gasteiger partial charge in [-0.2, -0.15) is 0 Å². The number of aromatic nitrogens is 2. The van der Waals surface area contributed by atoms with Crippen molar-refractivity contribution in [2.24, 2.45) is 0 Å². The highest BCUT2D eigenvalue weighted by atomic mass is 32.2. The summed E-state index contributed by atoms with van der Waals surface area (Å²) in [6.07, 6.45) is 1.73. The standard InChI is InChI=1S/C24H21N3OS/c1-16-12-13-17(2)21(14-16)27-24(28)23(18-8-4-3-5-9-18)29-22-15-25-19-10-6-7-11-20(19)26-22/h3-15,23H,1-2H3,(H,27,28)/t23-/m1/s1. The normalized spacial score (nSPS) is 11.9. The van der Waals surface area contributed by atoms with Crippen LogP contribution in [0.5, 0.6) is 0 Å². The number of nitrogens with zero attached hydrogens (tertiary/aromatic N) is 2. The minimum absolute atomic E-state index is 0.0788. The van der Waals surface area contributed by atoms with Gasteiger partial charge in [0, 0.05) is 5.69 Å². The van der Waals surface area contributed by atoms with Gasteiger partial charge in [0.1, 0.15) is 10.3 Å². The zero-order valence-corrected chi connectivity index (χ0v) is 17.1. The molecule has 5 heteroatoms. The first kappa shape index (κ1) is 19.2. The summed E-state index contributed by atoms with van der Waals surface area (Å²) in [4.78, 5) is 22.4. The monoisotopic (exact) mass is 399 g/mol. The molecule has 1 amide bonds. The summed E-state index contributed by atoms with van der Waals surface area (Å²) in [6, 6.07) is 23.6. The number of hydrogen-bond donors (Lipinski definition) is 1. The van der Waals surface area contributed by atoms with Crippen molar-refractivity contribution >= 4 is 34.4 Å². The van der Waals surface area contributed by atoms with Crippen LogP contribution in [0, 0.1) is 13.8 Å². The number of fused-ring (bicyclic) bond motifs is 1. The van der Waals surface area contributed by atoms with Gasteiger partial charge in [-0.05, 0) is 48.7 Å². The Balaban J connectivity index is 1.65. The van der Waals surface area contributed by atoms with Crippen molar-refractivity contribution in [1.29, 1.82) is 0 Å². The van der Waals surface area contributed by atoms with Crippen LogP contribution in [-0.2, 0) is 4.79 Å².